The van der Waals surface area contributed by atoms with Crippen LogP contribution in [0.5, 0.6) is 0 Å². The Morgan fingerprint density at radius 3 is 1.88 bits per heavy atom. The molecule has 0 rings (SSSR count). The van der Waals surface area contributed by atoms with Crippen molar-refractivity contribution < 1.29 is 35.2 Å². The van der Waals surface area contributed by atoms with Crippen LogP contribution in [0.15, 0.2) is 0 Å². The molecule has 0 aliphatic heterocycles. The molecule has 0 aromatic carbocycles. The van der Waals surface area contributed by atoms with Crippen molar-refractivity contribution in [2.75, 3.05) is 6.61 Å². The summed E-state index contributed by atoms with van der Waals surface area (Å²) in [5.41, 5.74) is 0. The molecule has 0 aliphatic carbocycles. The minimum absolute atomic E-state index is 0. The molecule has 4 heteroatoms. The molecular formula is C4H10O3Zn. The van der Waals surface area contributed by atoms with Crippen molar-refractivity contribution in [3.05, 3.63) is 0 Å². The molecule has 0 saturated heterocycles. The van der Waals surface area contributed by atoms with Crippen LogP contribution in [0.1, 0.15) is 13.3 Å². The number of hydrogen-bond donors (Lipinski definition) is 2. The zero-order valence-corrected chi connectivity index (χ0v) is 7.97. The van der Waals surface area contributed by atoms with E-state index in [0.717, 1.165) is 0 Å². The summed E-state index contributed by atoms with van der Waals surface area (Å²) in [6.45, 7) is 1.73. The van der Waals surface area contributed by atoms with Gasteiger partial charge < -0.3 is 15.7 Å². The molecule has 0 fully saturated rings. The van der Waals surface area contributed by atoms with E-state index in [1.807, 2.05) is 0 Å². The van der Waals surface area contributed by atoms with Crippen LogP contribution in [0.3, 0.4) is 0 Å². The van der Waals surface area contributed by atoms with Gasteiger partial charge in [0.1, 0.15) is 0 Å². The Balaban J connectivity index is -0.000000125. The van der Waals surface area contributed by atoms with Gasteiger partial charge in [-0.05, 0) is 13.3 Å². The van der Waals surface area contributed by atoms with Crippen molar-refractivity contribution >= 4 is 0 Å². The van der Waals surface area contributed by atoms with Crippen LogP contribution < -0.4 is 0 Å². The zero-order chi connectivity index (χ0) is 4.99. The first-order valence-electron chi connectivity index (χ1n) is 2.06. The summed E-state index contributed by atoms with van der Waals surface area (Å²) in [5.74, 6) is 0. The molecule has 2 N–H and O–H groups in total. The van der Waals surface area contributed by atoms with E-state index in [-0.39, 0.29) is 37.7 Å². The number of aliphatic hydroxyl groups excluding tert-OH is 2. The predicted octanol–water partition coefficient (Wildman–Crippen LogP) is -0.372. The molecule has 0 amide bonds. The predicted molar refractivity (Wildman–Crippen MR) is 24.1 cm³/mol. The molecule has 0 saturated carbocycles. The van der Waals surface area contributed by atoms with E-state index in [0.29, 0.717) is 6.42 Å². The molecule has 0 spiro atoms. The standard InChI is InChI=1S/C4H10O2.O.Zn/c1-4(6)2-3-5;;/h4-6H,2-3H2,1H3;;/q;-2;+2. The smallest absolute Gasteiger partial charge is 2.00 e. The van der Waals surface area contributed by atoms with Crippen LogP contribution in [-0.2, 0) is 25.0 Å². The third-order valence-electron chi connectivity index (χ3n) is 0.547. The Hall–Kier alpha value is 0.503. The van der Waals surface area contributed by atoms with Crippen molar-refractivity contribution in [1.82, 2.24) is 0 Å². The Bertz CT molecular complexity index is 32.5. The average molecular weight is 172 g/mol. The first-order chi connectivity index (χ1) is 2.77. The van der Waals surface area contributed by atoms with Gasteiger partial charge in [-0.15, -0.1) is 0 Å². The molecule has 0 aliphatic rings. The molecule has 46 valence electrons. The van der Waals surface area contributed by atoms with Gasteiger partial charge in [0.05, 0.1) is 6.10 Å². The van der Waals surface area contributed by atoms with Gasteiger partial charge >= 0.3 is 19.5 Å². The van der Waals surface area contributed by atoms with Crippen LogP contribution >= 0.6 is 0 Å². The number of hydrogen-bond acceptors (Lipinski definition) is 2. The summed E-state index contributed by atoms with van der Waals surface area (Å²) in [4.78, 5) is 0. The normalized spacial score (nSPS) is 10.9. The Labute approximate surface area is 61.8 Å². The number of rotatable bonds is 2. The van der Waals surface area contributed by atoms with Crippen molar-refractivity contribution in [3.63, 3.8) is 0 Å². The summed E-state index contributed by atoms with van der Waals surface area (Å²) in [6, 6.07) is 0. The monoisotopic (exact) mass is 170 g/mol. The van der Waals surface area contributed by atoms with Crippen molar-refractivity contribution in [2.24, 2.45) is 0 Å². The second-order valence-corrected chi connectivity index (χ2v) is 1.36. The Morgan fingerprint density at radius 1 is 1.50 bits per heavy atom. The van der Waals surface area contributed by atoms with Gasteiger partial charge in [0, 0.05) is 6.61 Å². The fourth-order valence-corrected chi connectivity index (χ4v) is 0.187. The van der Waals surface area contributed by atoms with E-state index in [9.17, 15) is 0 Å². The SMILES string of the molecule is CC(O)CCO.[O-2].[Zn+2]. The third-order valence-corrected chi connectivity index (χ3v) is 0.547. The van der Waals surface area contributed by atoms with Crippen LogP contribution in [0.4, 0.5) is 0 Å². The molecule has 0 aromatic rings. The molecule has 1 unspecified atom stereocenters. The summed E-state index contributed by atoms with van der Waals surface area (Å²) in [5, 5.41) is 16.5. The molecule has 1 atom stereocenters. The van der Waals surface area contributed by atoms with Crippen molar-refractivity contribution in [3.8, 4) is 0 Å². The fourth-order valence-electron chi connectivity index (χ4n) is 0.187. The molecular weight excluding hydrogens is 161 g/mol. The summed E-state index contributed by atoms with van der Waals surface area (Å²) >= 11 is 0. The largest absolute Gasteiger partial charge is 2.00 e. The van der Waals surface area contributed by atoms with Crippen LogP contribution in [-0.4, -0.2) is 22.9 Å². The van der Waals surface area contributed by atoms with Gasteiger partial charge in [-0.3, -0.25) is 0 Å². The minimum Gasteiger partial charge on any atom is -2.00 e. The summed E-state index contributed by atoms with van der Waals surface area (Å²) in [6.07, 6.45) is 0.134. The first-order valence-corrected chi connectivity index (χ1v) is 2.06. The van der Waals surface area contributed by atoms with E-state index >= 15 is 0 Å². The van der Waals surface area contributed by atoms with Crippen molar-refractivity contribution in [2.45, 2.75) is 19.4 Å². The Kier molecular flexibility index (Phi) is 20.7. The second-order valence-electron chi connectivity index (χ2n) is 1.36. The zero-order valence-electron chi connectivity index (χ0n) is 5.00. The second kappa shape index (κ2) is 10.5. The van der Waals surface area contributed by atoms with Gasteiger partial charge in [0.2, 0.25) is 0 Å². The van der Waals surface area contributed by atoms with E-state index in [1.165, 1.54) is 0 Å². The average Bonchev–Trinajstić information content (AvgIpc) is 1.35. The van der Waals surface area contributed by atoms with Crippen molar-refractivity contribution in [1.29, 1.82) is 0 Å². The topological polar surface area (TPSA) is 69.0 Å². The summed E-state index contributed by atoms with van der Waals surface area (Å²) in [7, 11) is 0. The van der Waals surface area contributed by atoms with Crippen LogP contribution in [0, 0.1) is 0 Å². The van der Waals surface area contributed by atoms with E-state index in [1.54, 1.807) is 6.92 Å². The van der Waals surface area contributed by atoms with Crippen LogP contribution in [0.2, 0.25) is 0 Å². The minimum atomic E-state index is -0.352. The van der Waals surface area contributed by atoms with E-state index in [2.05, 4.69) is 0 Å². The van der Waals surface area contributed by atoms with Gasteiger partial charge in [-0.2, -0.15) is 0 Å². The Morgan fingerprint density at radius 2 is 1.88 bits per heavy atom. The first kappa shape index (κ1) is 15.8. The molecule has 0 bridgehead atoms. The van der Waals surface area contributed by atoms with Crippen LogP contribution in [0.25, 0.3) is 0 Å². The third kappa shape index (κ3) is 16.0. The molecule has 3 nitrogen and oxygen atoms in total. The molecule has 0 heterocycles. The van der Waals surface area contributed by atoms with Gasteiger partial charge in [0.15, 0.2) is 0 Å². The van der Waals surface area contributed by atoms with Gasteiger partial charge in [-0.1, -0.05) is 0 Å². The maximum absolute atomic E-state index is 8.39. The van der Waals surface area contributed by atoms with E-state index < -0.39 is 0 Å². The van der Waals surface area contributed by atoms with Gasteiger partial charge in [0.25, 0.3) is 0 Å². The molecule has 8 heavy (non-hydrogen) atoms. The maximum atomic E-state index is 8.39. The van der Waals surface area contributed by atoms with Gasteiger partial charge in [-0.25, -0.2) is 0 Å². The summed E-state index contributed by atoms with van der Waals surface area (Å²) < 4.78 is 0. The molecule has 0 radical (unpaired) electrons. The fraction of sp³-hybridized carbons (Fsp3) is 1.00. The van der Waals surface area contributed by atoms with E-state index in [4.69, 9.17) is 10.2 Å². The molecule has 0 aromatic heterocycles. The maximum Gasteiger partial charge on any atom is 2.00 e. The quantitative estimate of drug-likeness (QED) is 0.557. The number of aliphatic hydroxyl groups is 2.